The highest BCUT2D eigenvalue weighted by Gasteiger charge is 2.22. The van der Waals surface area contributed by atoms with Crippen LogP contribution in [-0.2, 0) is 4.74 Å². The molecule has 3 heteroatoms. The molecule has 0 aromatic carbocycles. The second-order valence-corrected chi connectivity index (χ2v) is 4.66. The summed E-state index contributed by atoms with van der Waals surface area (Å²) in [5.41, 5.74) is 0. The zero-order valence-electron chi connectivity index (χ0n) is 10.4. The second-order valence-electron chi connectivity index (χ2n) is 4.66. The third-order valence-electron chi connectivity index (χ3n) is 2.62. The Kier molecular flexibility index (Phi) is 8.02. The summed E-state index contributed by atoms with van der Waals surface area (Å²) < 4.78 is 5.28. The van der Waals surface area contributed by atoms with Gasteiger partial charge in [-0.15, -0.1) is 0 Å². The van der Waals surface area contributed by atoms with Crippen molar-refractivity contribution in [3.8, 4) is 0 Å². The van der Waals surface area contributed by atoms with Crippen LogP contribution < -0.4 is 0 Å². The minimum atomic E-state index is -0.842. The predicted octanol–water partition coefficient (Wildman–Crippen LogP) is 2.16. The number of aliphatic hydroxyl groups excluding tert-OH is 2. The molecule has 0 aromatic heterocycles. The van der Waals surface area contributed by atoms with Gasteiger partial charge in [0.15, 0.2) is 6.29 Å². The van der Waals surface area contributed by atoms with E-state index in [0.717, 1.165) is 12.8 Å². The zero-order chi connectivity index (χ0) is 11.8. The molecule has 0 saturated heterocycles. The summed E-state index contributed by atoms with van der Waals surface area (Å²) in [5, 5.41) is 19.3. The van der Waals surface area contributed by atoms with Crippen molar-refractivity contribution in [3.63, 3.8) is 0 Å². The average Bonchev–Trinajstić information content (AvgIpc) is 2.16. The van der Waals surface area contributed by atoms with E-state index in [1.165, 1.54) is 0 Å². The van der Waals surface area contributed by atoms with E-state index >= 15 is 0 Å². The molecule has 0 aliphatic carbocycles. The molecule has 3 nitrogen and oxygen atoms in total. The van der Waals surface area contributed by atoms with Crippen LogP contribution >= 0.6 is 0 Å². The zero-order valence-corrected chi connectivity index (χ0v) is 10.4. The smallest absolute Gasteiger partial charge is 0.159 e. The number of aliphatic hydroxyl groups is 2. The van der Waals surface area contributed by atoms with Crippen LogP contribution in [0.2, 0.25) is 0 Å². The fourth-order valence-corrected chi connectivity index (χ4v) is 1.32. The van der Waals surface area contributed by atoms with E-state index in [0.29, 0.717) is 18.9 Å². The predicted molar refractivity (Wildman–Crippen MR) is 61.5 cm³/mol. The lowest BCUT2D eigenvalue weighted by Gasteiger charge is -2.24. The molecule has 15 heavy (non-hydrogen) atoms. The second kappa shape index (κ2) is 8.08. The minimum Gasteiger partial charge on any atom is -0.393 e. The number of rotatable bonds is 8. The molecule has 0 radical (unpaired) electrons. The number of hydrogen-bond donors (Lipinski definition) is 2. The topological polar surface area (TPSA) is 49.7 Å². The molecule has 0 heterocycles. The molecular weight excluding hydrogens is 192 g/mol. The molecule has 0 aromatic rings. The molecule has 0 saturated carbocycles. The van der Waals surface area contributed by atoms with Crippen LogP contribution in [0.4, 0.5) is 0 Å². The Bertz CT molecular complexity index is 148. The van der Waals surface area contributed by atoms with Crippen molar-refractivity contribution in [2.24, 2.45) is 11.8 Å². The van der Waals surface area contributed by atoms with E-state index in [9.17, 15) is 10.2 Å². The van der Waals surface area contributed by atoms with Crippen molar-refractivity contribution >= 4 is 0 Å². The van der Waals surface area contributed by atoms with Crippen LogP contribution in [0.5, 0.6) is 0 Å². The van der Waals surface area contributed by atoms with Crippen molar-refractivity contribution < 1.29 is 14.9 Å². The van der Waals surface area contributed by atoms with Crippen LogP contribution in [0, 0.1) is 11.8 Å². The van der Waals surface area contributed by atoms with Gasteiger partial charge in [-0.1, -0.05) is 34.1 Å². The van der Waals surface area contributed by atoms with Gasteiger partial charge in [0, 0.05) is 12.5 Å². The van der Waals surface area contributed by atoms with Gasteiger partial charge in [0.1, 0.15) is 0 Å². The fourth-order valence-electron chi connectivity index (χ4n) is 1.32. The lowest BCUT2D eigenvalue weighted by molar-refractivity contribution is -0.155. The van der Waals surface area contributed by atoms with Gasteiger partial charge in [-0.25, -0.2) is 0 Å². The molecule has 3 atom stereocenters. The summed E-state index contributed by atoms with van der Waals surface area (Å²) >= 11 is 0. The van der Waals surface area contributed by atoms with Crippen LogP contribution in [-0.4, -0.2) is 29.2 Å². The summed E-state index contributed by atoms with van der Waals surface area (Å²) in [6.07, 6.45) is 1.26. The normalized spacial score (nSPS) is 17.8. The molecular formula is C12H26O3. The maximum absolute atomic E-state index is 9.66. The van der Waals surface area contributed by atoms with Crippen molar-refractivity contribution in [2.45, 2.75) is 59.4 Å². The van der Waals surface area contributed by atoms with Gasteiger partial charge in [0.05, 0.1) is 6.10 Å². The fraction of sp³-hybridized carbons (Fsp3) is 1.00. The van der Waals surface area contributed by atoms with E-state index in [2.05, 4.69) is 13.8 Å². The Morgan fingerprint density at radius 2 is 1.67 bits per heavy atom. The summed E-state index contributed by atoms with van der Waals surface area (Å²) in [6, 6.07) is 0. The molecule has 0 spiro atoms. The Balaban J connectivity index is 3.72. The van der Waals surface area contributed by atoms with Crippen LogP contribution in [0.1, 0.15) is 47.0 Å². The van der Waals surface area contributed by atoms with Gasteiger partial charge in [-0.3, -0.25) is 0 Å². The maximum atomic E-state index is 9.66. The number of ether oxygens (including phenoxy) is 1. The maximum Gasteiger partial charge on any atom is 0.159 e. The minimum absolute atomic E-state index is 0.211. The van der Waals surface area contributed by atoms with Crippen molar-refractivity contribution in [1.29, 1.82) is 0 Å². The molecule has 0 amide bonds. The highest BCUT2D eigenvalue weighted by atomic mass is 16.6. The van der Waals surface area contributed by atoms with Gasteiger partial charge >= 0.3 is 0 Å². The first-order chi connectivity index (χ1) is 6.99. The highest BCUT2D eigenvalue weighted by Crippen LogP contribution is 2.15. The van der Waals surface area contributed by atoms with Gasteiger partial charge < -0.3 is 14.9 Å². The van der Waals surface area contributed by atoms with Crippen molar-refractivity contribution in [3.05, 3.63) is 0 Å². The van der Waals surface area contributed by atoms with Crippen LogP contribution in [0.25, 0.3) is 0 Å². The molecule has 0 aliphatic heterocycles. The van der Waals surface area contributed by atoms with E-state index in [1.54, 1.807) is 0 Å². The number of hydrogen-bond acceptors (Lipinski definition) is 3. The van der Waals surface area contributed by atoms with E-state index in [4.69, 9.17) is 4.74 Å². The first kappa shape index (κ1) is 14.9. The molecule has 92 valence electrons. The van der Waals surface area contributed by atoms with Crippen LogP contribution in [0.15, 0.2) is 0 Å². The van der Waals surface area contributed by atoms with Crippen LogP contribution in [0.3, 0.4) is 0 Å². The monoisotopic (exact) mass is 218 g/mol. The summed E-state index contributed by atoms with van der Waals surface area (Å²) in [4.78, 5) is 0. The standard InChI is InChI=1S/C12H26O3/c1-5-6-11(13)10(4)12(14)15-8-7-9(2)3/h9-14H,5-8H2,1-4H3. The Morgan fingerprint density at radius 3 is 2.13 bits per heavy atom. The summed E-state index contributed by atoms with van der Waals surface area (Å²) in [5.74, 6) is 0.366. The quantitative estimate of drug-likeness (QED) is 0.614. The molecule has 0 rings (SSSR count). The van der Waals surface area contributed by atoms with Gasteiger partial charge in [-0.2, -0.15) is 0 Å². The SMILES string of the molecule is CCCC(O)C(C)C(O)OCCC(C)C. The third-order valence-corrected chi connectivity index (χ3v) is 2.62. The summed E-state index contributed by atoms with van der Waals surface area (Å²) in [7, 11) is 0. The van der Waals surface area contributed by atoms with E-state index < -0.39 is 12.4 Å². The third kappa shape index (κ3) is 6.88. The largest absolute Gasteiger partial charge is 0.393 e. The molecule has 0 fully saturated rings. The average molecular weight is 218 g/mol. The lowest BCUT2D eigenvalue weighted by atomic mass is 10.0. The van der Waals surface area contributed by atoms with Gasteiger partial charge in [-0.05, 0) is 18.8 Å². The van der Waals surface area contributed by atoms with Crippen molar-refractivity contribution in [1.82, 2.24) is 0 Å². The van der Waals surface area contributed by atoms with Crippen molar-refractivity contribution in [2.75, 3.05) is 6.61 Å². The Morgan fingerprint density at radius 1 is 1.07 bits per heavy atom. The molecule has 0 aliphatic rings. The first-order valence-corrected chi connectivity index (χ1v) is 5.96. The molecule has 3 unspecified atom stereocenters. The highest BCUT2D eigenvalue weighted by molar-refractivity contribution is 4.66. The van der Waals surface area contributed by atoms with E-state index in [-0.39, 0.29) is 5.92 Å². The van der Waals surface area contributed by atoms with E-state index in [1.807, 2.05) is 13.8 Å². The Labute approximate surface area is 93.5 Å². The lowest BCUT2D eigenvalue weighted by Crippen LogP contribution is -2.31. The first-order valence-electron chi connectivity index (χ1n) is 5.96. The molecule has 2 N–H and O–H groups in total. The van der Waals surface area contributed by atoms with Gasteiger partial charge in [0.2, 0.25) is 0 Å². The van der Waals surface area contributed by atoms with Gasteiger partial charge in [0.25, 0.3) is 0 Å². The summed E-state index contributed by atoms with van der Waals surface area (Å²) in [6.45, 7) is 8.63. The molecule has 0 bridgehead atoms. The Hall–Kier alpha value is -0.120.